The molecule has 0 unspecified atom stereocenters. The van der Waals surface area contributed by atoms with Crippen molar-refractivity contribution >= 4 is 10.8 Å². The van der Waals surface area contributed by atoms with Crippen LogP contribution in [0.5, 0.6) is 11.5 Å². The molecule has 23 heavy (non-hydrogen) atoms. The predicted octanol–water partition coefficient (Wildman–Crippen LogP) is 4.54. The summed E-state index contributed by atoms with van der Waals surface area (Å²) in [6, 6.07) is 20.6. The number of methoxy groups -OCH3 is 2. The van der Waals surface area contributed by atoms with Crippen LogP contribution in [0.1, 0.15) is 0 Å². The monoisotopic (exact) mass is 308 g/mol. The summed E-state index contributed by atoms with van der Waals surface area (Å²) in [5.41, 5.74) is 2.24. The Bertz CT molecular complexity index is 796. The Hall–Kier alpha value is -2.52. The van der Waals surface area contributed by atoms with Gasteiger partial charge in [-0.2, -0.15) is 0 Å². The van der Waals surface area contributed by atoms with Gasteiger partial charge in [0.2, 0.25) is 0 Å². The molecule has 0 aliphatic rings. The van der Waals surface area contributed by atoms with Crippen molar-refractivity contribution < 1.29 is 14.2 Å². The minimum atomic E-state index is 0.557. The van der Waals surface area contributed by atoms with Crippen LogP contribution in [0.3, 0.4) is 0 Å². The van der Waals surface area contributed by atoms with Crippen LogP contribution < -0.4 is 9.47 Å². The fourth-order valence-corrected chi connectivity index (χ4v) is 2.61. The summed E-state index contributed by atoms with van der Waals surface area (Å²) in [5.74, 6) is 1.74. The molecule has 0 heterocycles. The highest BCUT2D eigenvalue weighted by Crippen LogP contribution is 2.32. The van der Waals surface area contributed by atoms with Crippen molar-refractivity contribution in [1.29, 1.82) is 0 Å². The van der Waals surface area contributed by atoms with Gasteiger partial charge in [0.25, 0.3) is 0 Å². The zero-order valence-electron chi connectivity index (χ0n) is 13.4. The molecule has 118 valence electrons. The third-order valence-electron chi connectivity index (χ3n) is 3.79. The summed E-state index contributed by atoms with van der Waals surface area (Å²) < 4.78 is 16.1. The summed E-state index contributed by atoms with van der Waals surface area (Å²) in [6.45, 7) is 1.14. The highest BCUT2D eigenvalue weighted by atomic mass is 16.5. The molecule has 0 fully saturated rings. The van der Waals surface area contributed by atoms with Gasteiger partial charge in [-0.15, -0.1) is 0 Å². The molecule has 0 N–H and O–H groups in total. The molecule has 3 rings (SSSR count). The maximum absolute atomic E-state index is 5.66. The summed E-state index contributed by atoms with van der Waals surface area (Å²) >= 11 is 0. The first-order valence-electron chi connectivity index (χ1n) is 7.61. The first-order chi connectivity index (χ1) is 11.3. The third-order valence-corrected chi connectivity index (χ3v) is 3.79. The molecule has 0 radical (unpaired) electrons. The number of fused-ring (bicyclic) bond motifs is 1. The van der Waals surface area contributed by atoms with Crippen molar-refractivity contribution in [2.45, 2.75) is 0 Å². The van der Waals surface area contributed by atoms with Gasteiger partial charge in [0, 0.05) is 12.7 Å². The van der Waals surface area contributed by atoms with E-state index in [9.17, 15) is 0 Å². The SMILES string of the molecule is COCCOc1ccc2cc(-c3ccccc3OC)ccc2c1. The van der Waals surface area contributed by atoms with E-state index >= 15 is 0 Å². The number of benzene rings is 3. The molecular weight excluding hydrogens is 288 g/mol. The molecule has 0 aliphatic heterocycles. The first kappa shape index (κ1) is 15.4. The van der Waals surface area contributed by atoms with E-state index in [1.54, 1.807) is 14.2 Å². The number of para-hydroxylation sites is 1. The molecule has 3 nitrogen and oxygen atoms in total. The Balaban J connectivity index is 1.92. The normalized spacial score (nSPS) is 10.7. The van der Waals surface area contributed by atoms with Gasteiger partial charge in [0.15, 0.2) is 0 Å². The molecular formula is C20H20O3. The maximum Gasteiger partial charge on any atom is 0.126 e. The lowest BCUT2D eigenvalue weighted by Gasteiger charge is -2.10. The summed E-state index contributed by atoms with van der Waals surface area (Å²) in [7, 11) is 3.37. The molecule has 0 aromatic heterocycles. The molecule has 3 aromatic carbocycles. The second kappa shape index (κ2) is 7.16. The Labute approximate surface area is 136 Å². The van der Waals surface area contributed by atoms with Gasteiger partial charge in [-0.3, -0.25) is 0 Å². The van der Waals surface area contributed by atoms with E-state index in [1.807, 2.05) is 24.3 Å². The quantitative estimate of drug-likeness (QED) is 0.626. The number of hydrogen-bond donors (Lipinski definition) is 0. The van der Waals surface area contributed by atoms with E-state index in [-0.39, 0.29) is 0 Å². The van der Waals surface area contributed by atoms with Gasteiger partial charge in [-0.25, -0.2) is 0 Å². The van der Waals surface area contributed by atoms with Crippen LogP contribution in [0, 0.1) is 0 Å². The molecule has 3 heteroatoms. The minimum Gasteiger partial charge on any atom is -0.496 e. The molecule has 0 amide bonds. The van der Waals surface area contributed by atoms with Crippen molar-refractivity contribution in [2.75, 3.05) is 27.4 Å². The zero-order valence-corrected chi connectivity index (χ0v) is 13.4. The fourth-order valence-electron chi connectivity index (χ4n) is 2.61. The molecule has 0 atom stereocenters. The maximum atomic E-state index is 5.66. The second-order valence-electron chi connectivity index (χ2n) is 5.27. The zero-order chi connectivity index (χ0) is 16.1. The predicted molar refractivity (Wildman–Crippen MR) is 93.3 cm³/mol. The van der Waals surface area contributed by atoms with E-state index in [2.05, 4.69) is 36.4 Å². The van der Waals surface area contributed by atoms with Gasteiger partial charge in [-0.05, 0) is 40.6 Å². The number of hydrogen-bond acceptors (Lipinski definition) is 3. The van der Waals surface area contributed by atoms with Crippen LogP contribution in [-0.4, -0.2) is 27.4 Å². The smallest absolute Gasteiger partial charge is 0.126 e. The molecule has 0 bridgehead atoms. The van der Waals surface area contributed by atoms with Crippen LogP contribution in [-0.2, 0) is 4.74 Å². The largest absolute Gasteiger partial charge is 0.496 e. The van der Waals surface area contributed by atoms with Crippen LogP contribution >= 0.6 is 0 Å². The second-order valence-corrected chi connectivity index (χ2v) is 5.27. The lowest BCUT2D eigenvalue weighted by molar-refractivity contribution is 0.146. The minimum absolute atomic E-state index is 0.557. The van der Waals surface area contributed by atoms with Crippen LogP contribution in [0.2, 0.25) is 0 Å². The van der Waals surface area contributed by atoms with Crippen LogP contribution in [0.25, 0.3) is 21.9 Å². The highest BCUT2D eigenvalue weighted by Gasteiger charge is 2.06. The summed E-state index contributed by atoms with van der Waals surface area (Å²) in [4.78, 5) is 0. The molecule has 0 saturated heterocycles. The van der Waals surface area contributed by atoms with Crippen LogP contribution in [0.15, 0.2) is 60.7 Å². The van der Waals surface area contributed by atoms with Gasteiger partial charge in [-0.1, -0.05) is 36.4 Å². The summed E-state index contributed by atoms with van der Waals surface area (Å²) in [6.07, 6.45) is 0. The third kappa shape index (κ3) is 3.46. The molecule has 3 aromatic rings. The van der Waals surface area contributed by atoms with Gasteiger partial charge in [0.1, 0.15) is 18.1 Å². The summed E-state index contributed by atoms with van der Waals surface area (Å²) in [5, 5.41) is 2.33. The Kier molecular flexibility index (Phi) is 4.79. The van der Waals surface area contributed by atoms with Crippen molar-refractivity contribution in [2.24, 2.45) is 0 Å². The number of rotatable bonds is 6. The van der Waals surface area contributed by atoms with E-state index in [4.69, 9.17) is 14.2 Å². The van der Waals surface area contributed by atoms with Gasteiger partial charge < -0.3 is 14.2 Å². The average Bonchev–Trinajstić information content (AvgIpc) is 2.61. The van der Waals surface area contributed by atoms with E-state index in [0.29, 0.717) is 13.2 Å². The van der Waals surface area contributed by atoms with Crippen LogP contribution in [0.4, 0.5) is 0 Å². The fraction of sp³-hybridized carbons (Fsp3) is 0.200. The lowest BCUT2D eigenvalue weighted by atomic mass is 10.0. The van der Waals surface area contributed by atoms with Gasteiger partial charge in [0.05, 0.1) is 13.7 Å². The molecule has 0 spiro atoms. The van der Waals surface area contributed by atoms with Crippen molar-refractivity contribution in [3.63, 3.8) is 0 Å². The first-order valence-corrected chi connectivity index (χ1v) is 7.61. The lowest BCUT2D eigenvalue weighted by Crippen LogP contribution is -2.03. The van der Waals surface area contributed by atoms with E-state index in [0.717, 1.165) is 28.0 Å². The van der Waals surface area contributed by atoms with Crippen molar-refractivity contribution in [3.05, 3.63) is 60.7 Å². The highest BCUT2D eigenvalue weighted by molar-refractivity contribution is 5.89. The number of ether oxygens (including phenoxy) is 3. The standard InChI is InChI=1S/C20H20O3/c1-21-11-12-23-18-10-9-15-13-17(8-7-16(15)14-18)19-5-3-4-6-20(19)22-2/h3-10,13-14H,11-12H2,1-2H3. The Morgan fingerprint density at radius 1 is 0.783 bits per heavy atom. The van der Waals surface area contributed by atoms with E-state index in [1.165, 1.54) is 5.39 Å². The van der Waals surface area contributed by atoms with Gasteiger partial charge >= 0.3 is 0 Å². The Morgan fingerprint density at radius 3 is 2.39 bits per heavy atom. The van der Waals surface area contributed by atoms with E-state index < -0.39 is 0 Å². The average molecular weight is 308 g/mol. The Morgan fingerprint density at radius 2 is 1.57 bits per heavy atom. The van der Waals surface area contributed by atoms with Crippen molar-refractivity contribution in [3.8, 4) is 22.6 Å². The topological polar surface area (TPSA) is 27.7 Å². The molecule has 0 aliphatic carbocycles. The van der Waals surface area contributed by atoms with Crippen molar-refractivity contribution in [1.82, 2.24) is 0 Å². The molecule has 0 saturated carbocycles.